The molecule has 1 aliphatic rings. The molecule has 0 spiro atoms. The molecule has 0 aliphatic carbocycles. The minimum absolute atomic E-state index is 0.164. The third-order valence-electron chi connectivity index (χ3n) is 3.06. The van der Waals surface area contributed by atoms with Crippen LogP contribution in [0.25, 0.3) is 0 Å². The van der Waals surface area contributed by atoms with Crippen LogP contribution in [0.3, 0.4) is 0 Å². The number of ether oxygens (including phenoxy) is 1. The Kier molecular flexibility index (Phi) is 3.38. The van der Waals surface area contributed by atoms with Crippen molar-refractivity contribution in [1.29, 1.82) is 0 Å². The van der Waals surface area contributed by atoms with Crippen LogP contribution in [0.1, 0.15) is 22.7 Å². The van der Waals surface area contributed by atoms with Gasteiger partial charge in [0.25, 0.3) is 0 Å². The van der Waals surface area contributed by atoms with Crippen molar-refractivity contribution in [1.82, 2.24) is 4.98 Å². The van der Waals surface area contributed by atoms with Gasteiger partial charge in [-0.1, -0.05) is 0 Å². The summed E-state index contributed by atoms with van der Waals surface area (Å²) in [7, 11) is 0. The van der Waals surface area contributed by atoms with E-state index in [1.54, 1.807) is 11.3 Å². The van der Waals surface area contributed by atoms with Crippen LogP contribution in [-0.2, 0) is 11.2 Å². The Labute approximate surface area is 94.7 Å². The molecule has 84 valence electrons. The Balaban J connectivity index is 2.06. The van der Waals surface area contributed by atoms with E-state index in [-0.39, 0.29) is 5.41 Å². The molecule has 0 aromatic carbocycles. The number of thiazole rings is 1. The molecule has 1 atom stereocenters. The molecule has 0 radical (unpaired) electrons. The predicted octanol–water partition coefficient (Wildman–Crippen LogP) is 1.75. The third kappa shape index (κ3) is 2.56. The highest BCUT2D eigenvalue weighted by Gasteiger charge is 2.32. The first-order chi connectivity index (χ1) is 7.24. The molecule has 1 aromatic heterocycles. The lowest BCUT2D eigenvalue weighted by Gasteiger charge is -2.35. The van der Waals surface area contributed by atoms with Gasteiger partial charge in [-0.05, 0) is 26.2 Å². The summed E-state index contributed by atoms with van der Waals surface area (Å²) in [6.07, 6.45) is 5.32. The van der Waals surface area contributed by atoms with E-state index in [1.807, 2.05) is 13.1 Å². The second-order valence-electron chi connectivity index (χ2n) is 4.38. The summed E-state index contributed by atoms with van der Waals surface area (Å²) in [6.45, 7) is 4.45. The van der Waals surface area contributed by atoms with Crippen molar-refractivity contribution in [3.63, 3.8) is 0 Å². The summed E-state index contributed by atoms with van der Waals surface area (Å²) in [4.78, 5) is 5.62. The Morgan fingerprint density at radius 2 is 2.53 bits per heavy atom. The summed E-state index contributed by atoms with van der Waals surface area (Å²) in [5, 5.41) is 1.13. The number of rotatable bonds is 3. The molecular formula is C11H18N2OS. The Hall–Kier alpha value is -0.450. The van der Waals surface area contributed by atoms with E-state index < -0.39 is 0 Å². The highest BCUT2D eigenvalue weighted by atomic mass is 32.1. The fraction of sp³-hybridized carbons (Fsp3) is 0.727. The molecular weight excluding hydrogens is 208 g/mol. The second-order valence-corrected chi connectivity index (χ2v) is 5.70. The number of nitrogens with zero attached hydrogens (tertiary/aromatic N) is 1. The molecule has 3 nitrogen and oxygen atoms in total. The van der Waals surface area contributed by atoms with Gasteiger partial charge in [-0.2, -0.15) is 0 Å². The molecule has 1 aliphatic heterocycles. The number of aromatic nitrogens is 1. The zero-order chi connectivity index (χ0) is 10.7. The van der Waals surface area contributed by atoms with Crippen LogP contribution in [0.15, 0.2) is 6.20 Å². The highest BCUT2D eigenvalue weighted by molar-refractivity contribution is 7.11. The van der Waals surface area contributed by atoms with Gasteiger partial charge in [-0.3, -0.25) is 0 Å². The van der Waals surface area contributed by atoms with Crippen LogP contribution in [0.4, 0.5) is 0 Å². The maximum absolute atomic E-state index is 5.90. The average Bonchev–Trinajstić information content (AvgIpc) is 2.65. The zero-order valence-electron chi connectivity index (χ0n) is 9.16. The van der Waals surface area contributed by atoms with Gasteiger partial charge in [-0.15, -0.1) is 11.3 Å². The SMILES string of the molecule is Cc1ncc(CC2(CN)CCCOC2)s1. The number of nitrogens with two attached hydrogens (primary N) is 1. The van der Waals surface area contributed by atoms with Crippen molar-refractivity contribution in [3.8, 4) is 0 Å². The van der Waals surface area contributed by atoms with Crippen molar-refractivity contribution in [2.45, 2.75) is 26.2 Å². The molecule has 0 bridgehead atoms. The molecule has 15 heavy (non-hydrogen) atoms. The molecule has 4 heteroatoms. The average molecular weight is 226 g/mol. The minimum atomic E-state index is 0.164. The van der Waals surface area contributed by atoms with Crippen molar-refractivity contribution >= 4 is 11.3 Å². The molecule has 1 saturated heterocycles. The van der Waals surface area contributed by atoms with Crippen LogP contribution in [0, 0.1) is 12.3 Å². The lowest BCUT2D eigenvalue weighted by atomic mass is 9.79. The van der Waals surface area contributed by atoms with Gasteiger partial charge in [0.1, 0.15) is 0 Å². The Bertz CT molecular complexity index is 318. The summed E-state index contributed by atoms with van der Waals surface area (Å²) >= 11 is 1.77. The van der Waals surface area contributed by atoms with Gasteiger partial charge >= 0.3 is 0 Å². The van der Waals surface area contributed by atoms with Gasteiger partial charge in [0.2, 0.25) is 0 Å². The van der Waals surface area contributed by atoms with Crippen molar-refractivity contribution in [2.24, 2.45) is 11.1 Å². The monoisotopic (exact) mass is 226 g/mol. The van der Waals surface area contributed by atoms with E-state index >= 15 is 0 Å². The van der Waals surface area contributed by atoms with E-state index in [9.17, 15) is 0 Å². The standard InChI is InChI=1S/C11H18N2OS/c1-9-13-6-10(15-9)5-11(7-12)3-2-4-14-8-11/h6H,2-5,7-8,12H2,1H3. The lowest BCUT2D eigenvalue weighted by molar-refractivity contribution is -0.00225. The molecule has 2 heterocycles. The molecule has 0 saturated carbocycles. The normalized spacial score (nSPS) is 26.8. The molecule has 0 amide bonds. The predicted molar refractivity (Wildman–Crippen MR) is 62.1 cm³/mol. The van der Waals surface area contributed by atoms with Gasteiger partial charge in [-0.25, -0.2) is 4.98 Å². The van der Waals surface area contributed by atoms with Crippen LogP contribution >= 0.6 is 11.3 Å². The first kappa shape index (κ1) is 11.0. The van der Waals surface area contributed by atoms with Gasteiger partial charge < -0.3 is 10.5 Å². The maximum Gasteiger partial charge on any atom is 0.0896 e. The van der Waals surface area contributed by atoms with Crippen LogP contribution < -0.4 is 5.73 Å². The Morgan fingerprint density at radius 1 is 1.67 bits per heavy atom. The summed E-state index contributed by atoms with van der Waals surface area (Å²) in [6, 6.07) is 0. The minimum Gasteiger partial charge on any atom is -0.381 e. The topological polar surface area (TPSA) is 48.1 Å². The summed E-state index contributed by atoms with van der Waals surface area (Å²) < 4.78 is 5.56. The first-order valence-corrected chi connectivity index (χ1v) is 6.25. The number of hydrogen-bond donors (Lipinski definition) is 1. The molecule has 1 unspecified atom stereocenters. The smallest absolute Gasteiger partial charge is 0.0896 e. The summed E-state index contributed by atoms with van der Waals surface area (Å²) in [5.41, 5.74) is 6.06. The van der Waals surface area contributed by atoms with Crippen LogP contribution in [0.5, 0.6) is 0 Å². The lowest BCUT2D eigenvalue weighted by Crippen LogP contribution is -2.40. The number of hydrogen-bond acceptors (Lipinski definition) is 4. The van der Waals surface area contributed by atoms with Crippen molar-refractivity contribution < 1.29 is 4.74 Å². The fourth-order valence-electron chi connectivity index (χ4n) is 2.14. The fourth-order valence-corrected chi connectivity index (χ4v) is 3.11. The molecule has 1 aromatic rings. The summed E-state index contributed by atoms with van der Waals surface area (Å²) in [5.74, 6) is 0. The van der Waals surface area contributed by atoms with E-state index in [1.165, 1.54) is 11.3 Å². The van der Waals surface area contributed by atoms with E-state index in [0.717, 1.165) is 31.1 Å². The largest absolute Gasteiger partial charge is 0.381 e. The van der Waals surface area contributed by atoms with E-state index in [0.29, 0.717) is 6.54 Å². The second kappa shape index (κ2) is 4.60. The van der Waals surface area contributed by atoms with Crippen molar-refractivity contribution in [2.75, 3.05) is 19.8 Å². The Morgan fingerprint density at radius 3 is 3.07 bits per heavy atom. The van der Waals surface area contributed by atoms with E-state index in [4.69, 9.17) is 10.5 Å². The molecule has 2 rings (SSSR count). The first-order valence-electron chi connectivity index (χ1n) is 5.43. The van der Waals surface area contributed by atoms with Gasteiger partial charge in [0, 0.05) is 29.6 Å². The number of aryl methyl sites for hydroxylation is 1. The molecule has 1 fully saturated rings. The highest BCUT2D eigenvalue weighted by Crippen LogP contribution is 2.32. The van der Waals surface area contributed by atoms with Gasteiger partial charge in [0.05, 0.1) is 11.6 Å². The van der Waals surface area contributed by atoms with Crippen LogP contribution in [0.2, 0.25) is 0 Å². The van der Waals surface area contributed by atoms with Crippen LogP contribution in [-0.4, -0.2) is 24.7 Å². The maximum atomic E-state index is 5.90. The molecule has 2 N–H and O–H groups in total. The third-order valence-corrected chi connectivity index (χ3v) is 3.97. The van der Waals surface area contributed by atoms with Crippen molar-refractivity contribution in [3.05, 3.63) is 16.1 Å². The zero-order valence-corrected chi connectivity index (χ0v) is 9.98. The van der Waals surface area contributed by atoms with Gasteiger partial charge in [0.15, 0.2) is 0 Å². The quantitative estimate of drug-likeness (QED) is 0.854. The van der Waals surface area contributed by atoms with E-state index in [2.05, 4.69) is 4.98 Å².